The monoisotopic (exact) mass is 609 g/mol. The summed E-state index contributed by atoms with van der Waals surface area (Å²) >= 11 is 0. The number of nitrogens with two attached hydrogens (primary N) is 1. The molecule has 4 heterocycles. The highest BCUT2D eigenvalue weighted by Gasteiger charge is 2.47. The van der Waals surface area contributed by atoms with Crippen LogP contribution in [0.5, 0.6) is 0 Å². The summed E-state index contributed by atoms with van der Waals surface area (Å²) in [5.74, 6) is -1.10. The maximum Gasteiger partial charge on any atom is 0.416 e. The molecular formula is C32H31F4N5O3. The van der Waals surface area contributed by atoms with Gasteiger partial charge in [0, 0.05) is 43.6 Å². The van der Waals surface area contributed by atoms with Crippen molar-refractivity contribution < 1.29 is 22.3 Å². The van der Waals surface area contributed by atoms with Crippen LogP contribution >= 0.6 is 0 Å². The maximum absolute atomic E-state index is 15.0. The molecule has 44 heavy (non-hydrogen) atoms. The van der Waals surface area contributed by atoms with Gasteiger partial charge in [-0.05, 0) is 42.2 Å². The SMILES string of the molecule is N[C@@H](Cn1c(=O)c2c(n(Cc3c(F)cccc3C(F)(F)F)c1=O)COC21CCN(Cc2cccnc2)CC1)c1ccccc1. The topological polar surface area (TPSA) is 95.4 Å². The fourth-order valence-electron chi connectivity index (χ4n) is 6.31. The molecule has 2 aromatic carbocycles. The quantitative estimate of drug-likeness (QED) is 0.314. The van der Waals surface area contributed by atoms with Gasteiger partial charge in [-0.15, -0.1) is 0 Å². The molecule has 2 aliphatic rings. The number of likely N-dealkylation sites (tertiary alicyclic amines) is 1. The number of pyridine rings is 1. The van der Waals surface area contributed by atoms with Gasteiger partial charge >= 0.3 is 11.9 Å². The Morgan fingerprint density at radius 1 is 0.955 bits per heavy atom. The van der Waals surface area contributed by atoms with E-state index < -0.39 is 52.6 Å². The number of aromatic nitrogens is 3. The van der Waals surface area contributed by atoms with Crippen molar-refractivity contribution in [2.75, 3.05) is 13.1 Å². The minimum absolute atomic E-state index is 0.163. The van der Waals surface area contributed by atoms with E-state index in [2.05, 4.69) is 9.88 Å². The summed E-state index contributed by atoms with van der Waals surface area (Å²) in [7, 11) is 0. The van der Waals surface area contributed by atoms with E-state index in [0.29, 0.717) is 38.0 Å². The summed E-state index contributed by atoms with van der Waals surface area (Å²) in [5, 5.41) is 0. The van der Waals surface area contributed by atoms with E-state index in [0.717, 1.165) is 32.9 Å². The molecule has 1 saturated heterocycles. The lowest BCUT2D eigenvalue weighted by atomic mass is 9.85. The zero-order valence-electron chi connectivity index (χ0n) is 23.8. The Kier molecular flexibility index (Phi) is 7.99. The van der Waals surface area contributed by atoms with Crippen LogP contribution in [0.25, 0.3) is 0 Å². The van der Waals surface area contributed by atoms with E-state index in [-0.39, 0.29) is 24.4 Å². The van der Waals surface area contributed by atoms with E-state index in [1.165, 1.54) is 0 Å². The second-order valence-corrected chi connectivity index (χ2v) is 11.3. The van der Waals surface area contributed by atoms with E-state index in [1.54, 1.807) is 42.7 Å². The highest BCUT2D eigenvalue weighted by molar-refractivity contribution is 5.35. The number of piperidine rings is 1. The summed E-state index contributed by atoms with van der Waals surface area (Å²) in [6.07, 6.45) is -0.521. The molecule has 8 nitrogen and oxygen atoms in total. The van der Waals surface area contributed by atoms with Crippen LogP contribution in [0.2, 0.25) is 0 Å². The summed E-state index contributed by atoms with van der Waals surface area (Å²) in [6.45, 7) is 0.686. The number of rotatable bonds is 7. The summed E-state index contributed by atoms with van der Waals surface area (Å²) in [6, 6.07) is 14.6. The van der Waals surface area contributed by atoms with Crippen LogP contribution in [0.4, 0.5) is 17.6 Å². The lowest BCUT2D eigenvalue weighted by Gasteiger charge is -2.38. The smallest absolute Gasteiger partial charge is 0.364 e. The third-order valence-electron chi connectivity index (χ3n) is 8.62. The molecule has 1 fully saturated rings. The van der Waals surface area contributed by atoms with Gasteiger partial charge in [-0.2, -0.15) is 13.2 Å². The van der Waals surface area contributed by atoms with Gasteiger partial charge in [0.25, 0.3) is 5.56 Å². The number of alkyl halides is 3. The fraction of sp³-hybridized carbons (Fsp3) is 0.344. The Morgan fingerprint density at radius 3 is 2.39 bits per heavy atom. The normalized spacial score (nSPS) is 17.1. The molecule has 2 aromatic heterocycles. The molecule has 0 aliphatic carbocycles. The highest BCUT2D eigenvalue weighted by Crippen LogP contribution is 2.43. The Bertz CT molecular complexity index is 1770. The molecule has 12 heteroatoms. The van der Waals surface area contributed by atoms with Gasteiger partial charge in [0.05, 0.1) is 36.5 Å². The second-order valence-electron chi connectivity index (χ2n) is 11.3. The summed E-state index contributed by atoms with van der Waals surface area (Å²) < 4.78 is 65.1. The first-order chi connectivity index (χ1) is 21.1. The van der Waals surface area contributed by atoms with Gasteiger partial charge in [-0.1, -0.05) is 42.5 Å². The maximum atomic E-state index is 15.0. The van der Waals surface area contributed by atoms with Crippen LogP contribution < -0.4 is 17.0 Å². The molecule has 2 aliphatic heterocycles. The minimum Gasteiger partial charge on any atom is -0.364 e. The molecule has 1 spiro atoms. The van der Waals surface area contributed by atoms with Gasteiger partial charge in [-0.3, -0.25) is 23.8 Å². The third-order valence-corrected chi connectivity index (χ3v) is 8.62. The lowest BCUT2D eigenvalue weighted by Crippen LogP contribution is -2.49. The van der Waals surface area contributed by atoms with Crippen LogP contribution in [0.3, 0.4) is 0 Å². The summed E-state index contributed by atoms with van der Waals surface area (Å²) in [5.41, 5.74) is 4.15. The molecule has 0 bridgehead atoms. The first-order valence-electron chi connectivity index (χ1n) is 14.3. The molecule has 0 saturated carbocycles. The number of fused-ring (bicyclic) bond motifs is 2. The van der Waals surface area contributed by atoms with Crippen molar-refractivity contribution in [2.24, 2.45) is 5.73 Å². The molecular weight excluding hydrogens is 578 g/mol. The van der Waals surface area contributed by atoms with E-state index >= 15 is 0 Å². The number of hydrogen-bond acceptors (Lipinski definition) is 6. The first kappa shape index (κ1) is 29.9. The summed E-state index contributed by atoms with van der Waals surface area (Å²) in [4.78, 5) is 34.4. The van der Waals surface area contributed by atoms with Crippen molar-refractivity contribution in [1.82, 2.24) is 19.0 Å². The Hall–Kier alpha value is -4.13. The van der Waals surface area contributed by atoms with Crippen molar-refractivity contribution in [3.05, 3.63) is 133 Å². The van der Waals surface area contributed by atoms with Crippen molar-refractivity contribution in [2.45, 2.75) is 56.9 Å². The molecule has 0 amide bonds. The van der Waals surface area contributed by atoms with Crippen molar-refractivity contribution in [1.29, 1.82) is 0 Å². The van der Waals surface area contributed by atoms with Crippen molar-refractivity contribution >= 4 is 0 Å². The van der Waals surface area contributed by atoms with Gasteiger partial charge in [0.1, 0.15) is 11.4 Å². The van der Waals surface area contributed by atoms with E-state index in [4.69, 9.17) is 10.5 Å². The highest BCUT2D eigenvalue weighted by atomic mass is 19.4. The van der Waals surface area contributed by atoms with Gasteiger partial charge in [-0.25, -0.2) is 9.18 Å². The average molecular weight is 610 g/mol. The van der Waals surface area contributed by atoms with Crippen molar-refractivity contribution in [3.8, 4) is 0 Å². The number of nitrogens with zero attached hydrogens (tertiary/aromatic N) is 4. The predicted molar refractivity (Wildman–Crippen MR) is 154 cm³/mol. The number of ether oxygens (including phenoxy) is 1. The zero-order chi connectivity index (χ0) is 31.1. The molecule has 6 rings (SSSR count). The fourth-order valence-corrected chi connectivity index (χ4v) is 6.31. The zero-order valence-corrected chi connectivity index (χ0v) is 23.8. The first-order valence-corrected chi connectivity index (χ1v) is 14.3. The molecule has 2 N–H and O–H groups in total. The standard InChI is InChI=1S/C32H31F4N5O3/c33-25-10-4-9-24(32(34,35)36)23(25)18-40-27-20-44-31(11-14-39(15-12-31)17-21-6-5-13-38-16-21)28(27)29(42)41(30(40)43)19-26(37)22-7-2-1-3-8-22/h1-10,13,16,26H,11-12,14-15,17-20,37H2/t26-/m0/s1. The predicted octanol–water partition coefficient (Wildman–Crippen LogP) is 4.33. The van der Waals surface area contributed by atoms with Gasteiger partial charge in [0.2, 0.25) is 0 Å². The Balaban J connectivity index is 1.43. The largest absolute Gasteiger partial charge is 0.416 e. The number of hydrogen-bond donors (Lipinski definition) is 1. The molecule has 1 atom stereocenters. The van der Waals surface area contributed by atoms with Crippen LogP contribution in [0, 0.1) is 5.82 Å². The molecule has 0 unspecified atom stereocenters. The van der Waals surface area contributed by atoms with Gasteiger partial charge < -0.3 is 10.5 Å². The van der Waals surface area contributed by atoms with Crippen LogP contribution in [-0.4, -0.2) is 32.1 Å². The van der Waals surface area contributed by atoms with E-state index in [9.17, 15) is 27.2 Å². The van der Waals surface area contributed by atoms with Gasteiger partial charge in [0.15, 0.2) is 0 Å². The average Bonchev–Trinajstić information content (AvgIpc) is 3.38. The second kappa shape index (κ2) is 11.8. The number of benzene rings is 2. The lowest BCUT2D eigenvalue weighted by molar-refractivity contribution is -0.138. The van der Waals surface area contributed by atoms with Crippen LogP contribution in [0.15, 0.2) is 82.6 Å². The Labute approximate surface area is 250 Å². The minimum atomic E-state index is -4.85. The molecule has 0 radical (unpaired) electrons. The van der Waals surface area contributed by atoms with E-state index in [1.807, 2.05) is 12.1 Å². The Morgan fingerprint density at radius 2 is 1.70 bits per heavy atom. The van der Waals surface area contributed by atoms with Crippen molar-refractivity contribution in [3.63, 3.8) is 0 Å². The van der Waals surface area contributed by atoms with Crippen LogP contribution in [0.1, 0.15) is 52.4 Å². The molecule has 4 aromatic rings. The van der Waals surface area contributed by atoms with Crippen LogP contribution in [-0.2, 0) is 42.8 Å². The number of halogens is 4. The third kappa shape index (κ3) is 5.60. The molecule has 230 valence electrons.